The molecule has 0 rings (SSSR count). The number of quaternary nitrogens is 1. The van der Waals surface area contributed by atoms with E-state index < -0.39 is 31.8 Å². The highest BCUT2D eigenvalue weighted by Crippen LogP contribution is 2.16. The molecule has 0 aromatic rings. The molecule has 2 atom stereocenters. The molecule has 0 aliphatic rings. The molecule has 2 unspecified atom stereocenters. The first-order chi connectivity index (χ1) is 17.7. The Morgan fingerprint density at radius 3 is 1.29 bits per heavy atom. The van der Waals surface area contributed by atoms with E-state index in [-0.39, 0.29) is 6.61 Å². The number of nitrogens with zero attached hydrogens (tertiary/aromatic N) is 1. The summed E-state index contributed by atoms with van der Waals surface area (Å²) in [5.74, 6) is 0. The lowest BCUT2D eigenvalue weighted by Gasteiger charge is -2.22. The molecule has 0 saturated carbocycles. The van der Waals surface area contributed by atoms with Crippen LogP contribution < -0.4 is 0 Å². The fourth-order valence-corrected chi connectivity index (χ4v) is 6.63. The molecule has 0 aromatic heterocycles. The number of hydrogen-bond donors (Lipinski definition) is 1. The van der Waals surface area contributed by atoms with Gasteiger partial charge < -0.3 is 14.3 Å². The third-order valence-corrected chi connectivity index (χ3v) is 8.92. The third kappa shape index (κ3) is 28.7. The predicted octanol–water partition coefficient (Wildman–Crippen LogP) is 6.38. The van der Waals surface area contributed by atoms with Crippen molar-refractivity contribution in [2.75, 3.05) is 40.6 Å². The predicted molar refractivity (Wildman–Crippen MR) is 159 cm³/mol. The maximum absolute atomic E-state index is 11.9. The molecule has 8 nitrogen and oxygen atoms in total. The summed E-state index contributed by atoms with van der Waals surface area (Å²) in [4.78, 5) is 0. The maximum Gasteiger partial charge on any atom is 0.311 e. The summed E-state index contributed by atoms with van der Waals surface area (Å²) >= 11 is 0. The molecular formula is C28H62NO7S2+. The fraction of sp³-hybridized carbons (Fsp3) is 1.00. The monoisotopic (exact) mass is 588 g/mol. The first-order valence-corrected chi connectivity index (χ1v) is 18.2. The van der Waals surface area contributed by atoms with Crippen LogP contribution in [0.3, 0.4) is 0 Å². The van der Waals surface area contributed by atoms with E-state index in [1.54, 1.807) is 0 Å². The van der Waals surface area contributed by atoms with Crippen LogP contribution in [0.25, 0.3) is 0 Å². The van der Waals surface area contributed by atoms with Crippen molar-refractivity contribution in [3.8, 4) is 0 Å². The van der Waals surface area contributed by atoms with Crippen LogP contribution in [-0.4, -0.2) is 78.5 Å². The molecule has 0 radical (unpaired) electrons. The van der Waals surface area contributed by atoms with Gasteiger partial charge in [0.15, 0.2) is 0 Å². The highest BCUT2D eigenvalue weighted by molar-refractivity contribution is 7.99. The van der Waals surface area contributed by atoms with Crippen molar-refractivity contribution >= 4 is 20.2 Å². The van der Waals surface area contributed by atoms with Crippen LogP contribution in [0.5, 0.6) is 0 Å². The number of ether oxygens (including phenoxy) is 1. The van der Waals surface area contributed by atoms with Gasteiger partial charge in [-0.2, -0.15) is 16.8 Å². The van der Waals surface area contributed by atoms with Gasteiger partial charge >= 0.3 is 10.1 Å². The fourth-order valence-electron chi connectivity index (χ4n) is 4.20. The van der Waals surface area contributed by atoms with Gasteiger partial charge in [-0.1, -0.05) is 110 Å². The second-order valence-corrected chi connectivity index (χ2v) is 15.0. The van der Waals surface area contributed by atoms with Crippen molar-refractivity contribution in [1.82, 2.24) is 0 Å². The lowest BCUT2D eigenvalue weighted by atomic mass is 10.0. The number of hydrogen-bond acceptors (Lipinski definition) is 7. The summed E-state index contributed by atoms with van der Waals surface area (Å²) in [6.45, 7) is 7.09. The van der Waals surface area contributed by atoms with Gasteiger partial charge in [0, 0.05) is 6.61 Å². The van der Waals surface area contributed by atoms with Crippen molar-refractivity contribution < 1.29 is 34.8 Å². The zero-order valence-corrected chi connectivity index (χ0v) is 27.4. The van der Waals surface area contributed by atoms with Crippen LogP contribution >= 0.6 is 0 Å². The van der Waals surface area contributed by atoms with Gasteiger partial charge in [0.1, 0.15) is 0 Å². The molecule has 232 valence electrons. The Morgan fingerprint density at radius 1 is 0.658 bits per heavy atom. The molecule has 1 N–H and O–H groups in total. The summed E-state index contributed by atoms with van der Waals surface area (Å²) in [6, 6.07) is 0. The minimum Gasteiger partial charge on any atom is -0.389 e. The Hall–Kier alpha value is -0.260. The van der Waals surface area contributed by atoms with Crippen molar-refractivity contribution in [3.63, 3.8) is 0 Å². The molecule has 0 saturated heterocycles. The van der Waals surface area contributed by atoms with Crippen LogP contribution in [0.1, 0.15) is 130 Å². The van der Waals surface area contributed by atoms with Crippen LogP contribution in [0.2, 0.25) is 0 Å². The van der Waals surface area contributed by atoms with Gasteiger partial charge in [-0.3, -0.25) is 0 Å². The average molecular weight is 589 g/mol. The van der Waals surface area contributed by atoms with Crippen LogP contribution in [0, 0.1) is 0 Å². The first-order valence-electron chi connectivity index (χ1n) is 14.9. The van der Waals surface area contributed by atoms with Gasteiger partial charge in [0.25, 0.3) is 10.1 Å². The summed E-state index contributed by atoms with van der Waals surface area (Å²) in [6.07, 6.45) is 20.3. The van der Waals surface area contributed by atoms with Crippen molar-refractivity contribution in [1.29, 1.82) is 0 Å². The third-order valence-electron chi connectivity index (χ3n) is 6.07. The number of rotatable bonds is 24. The largest absolute Gasteiger partial charge is 0.389 e. The summed E-state index contributed by atoms with van der Waals surface area (Å²) < 4.78 is 56.3. The molecule has 0 aliphatic heterocycles. The topological polar surface area (TPSA) is 107 Å². The minimum atomic E-state index is -4.56. The molecule has 0 amide bonds. The Bertz CT molecular complexity index is 733. The van der Waals surface area contributed by atoms with Gasteiger partial charge in [-0.25, -0.2) is 0 Å². The van der Waals surface area contributed by atoms with Crippen LogP contribution in [0.4, 0.5) is 0 Å². The Labute approximate surface area is 236 Å². The second-order valence-electron chi connectivity index (χ2n) is 11.6. The van der Waals surface area contributed by atoms with E-state index in [0.717, 1.165) is 23.7 Å². The van der Waals surface area contributed by atoms with Crippen molar-refractivity contribution in [2.24, 2.45) is 0 Å². The van der Waals surface area contributed by atoms with Crippen LogP contribution in [-0.2, 0) is 28.6 Å². The Balaban J connectivity index is 0. The number of aliphatic hydroxyl groups is 1. The Morgan fingerprint density at radius 2 is 1.03 bits per heavy atom. The van der Waals surface area contributed by atoms with Crippen molar-refractivity contribution in [2.45, 2.75) is 141 Å². The van der Waals surface area contributed by atoms with Gasteiger partial charge in [-0.05, 0) is 19.8 Å². The van der Waals surface area contributed by atoms with E-state index in [1.807, 2.05) is 0 Å². The normalized spacial score (nSPS) is 14.1. The SMILES string of the molecule is CCCCCCCCCCCCCCCCCCOC(C(C)O)S(=O)(=O)OS(C)(=O)=O.CCC[N+](C)(C)C. The lowest BCUT2D eigenvalue weighted by molar-refractivity contribution is -0.870. The minimum absolute atomic E-state index is 0.125. The molecule has 0 aromatic carbocycles. The summed E-state index contributed by atoms with van der Waals surface area (Å²) in [5, 5.41) is 9.60. The standard InChI is InChI=1S/C22H46O7S2.C6H16N/c1-4-5-6-7-8-9-10-11-12-13-14-15-16-17-18-19-20-28-22(21(2)23)31(26,27)29-30(3,24)25;1-5-6-7(2,3)4/h21-23H,4-20H2,1-3H3;5-6H2,1-4H3/q;+1. The van der Waals surface area contributed by atoms with E-state index in [2.05, 4.69) is 38.6 Å². The second kappa shape index (κ2) is 23.4. The number of unbranched alkanes of at least 4 members (excludes halogenated alkanes) is 15. The molecule has 0 fully saturated rings. The molecule has 10 heteroatoms. The Kier molecular flexibility index (Phi) is 24.6. The lowest BCUT2D eigenvalue weighted by Crippen LogP contribution is -2.37. The molecule has 0 bridgehead atoms. The van der Waals surface area contributed by atoms with Gasteiger partial charge in [0.05, 0.1) is 40.0 Å². The van der Waals surface area contributed by atoms with E-state index in [4.69, 9.17) is 4.74 Å². The van der Waals surface area contributed by atoms with E-state index >= 15 is 0 Å². The highest BCUT2D eigenvalue weighted by atomic mass is 32.3. The molecular weight excluding hydrogens is 526 g/mol. The maximum atomic E-state index is 11.9. The zero-order chi connectivity index (χ0) is 29.5. The first kappa shape index (κ1) is 39.9. The van der Waals surface area contributed by atoms with E-state index in [0.29, 0.717) is 12.7 Å². The quantitative estimate of drug-likeness (QED) is 0.103. The summed E-state index contributed by atoms with van der Waals surface area (Å²) in [7, 11) is -2.13. The molecule has 0 spiro atoms. The van der Waals surface area contributed by atoms with Crippen LogP contribution in [0.15, 0.2) is 0 Å². The average Bonchev–Trinajstić information content (AvgIpc) is 2.76. The summed E-state index contributed by atoms with van der Waals surface area (Å²) in [5.41, 5.74) is -1.71. The van der Waals surface area contributed by atoms with Gasteiger partial charge in [-0.15, -0.1) is 3.63 Å². The highest BCUT2D eigenvalue weighted by Gasteiger charge is 2.35. The van der Waals surface area contributed by atoms with Crippen molar-refractivity contribution in [3.05, 3.63) is 0 Å². The zero-order valence-electron chi connectivity index (χ0n) is 25.8. The number of aliphatic hydroxyl groups excluding tert-OH is 1. The molecule has 0 aliphatic carbocycles. The van der Waals surface area contributed by atoms with E-state index in [9.17, 15) is 21.9 Å². The smallest absolute Gasteiger partial charge is 0.311 e. The van der Waals surface area contributed by atoms with Gasteiger partial charge in [0.2, 0.25) is 5.44 Å². The molecule has 38 heavy (non-hydrogen) atoms. The van der Waals surface area contributed by atoms with E-state index in [1.165, 1.54) is 96.9 Å². The molecule has 0 heterocycles.